The number of nitrogens with zero attached hydrogens (tertiary/aromatic N) is 1. The van der Waals surface area contributed by atoms with E-state index in [2.05, 4.69) is 11.8 Å². The minimum atomic E-state index is 0. The molecular weight excluding hydrogens is 190 g/mol. The SMILES string of the molecule is [N-]=CP=S.[Ru+]. The second-order valence-corrected chi connectivity index (χ2v) is 1.30. The third-order valence-corrected chi connectivity index (χ3v) is 0.424. The van der Waals surface area contributed by atoms with Gasteiger partial charge in [0.25, 0.3) is 0 Å². The maximum absolute atomic E-state index is 7.63. The summed E-state index contributed by atoms with van der Waals surface area (Å²) in [6, 6.07) is 0. The van der Waals surface area contributed by atoms with Crippen molar-refractivity contribution in [2.24, 2.45) is 0 Å². The Morgan fingerprint density at radius 3 is 2.00 bits per heavy atom. The van der Waals surface area contributed by atoms with Crippen molar-refractivity contribution in [2.75, 3.05) is 0 Å². The molecule has 1 radical (unpaired) electrons. The van der Waals surface area contributed by atoms with Crippen LogP contribution in [0.3, 0.4) is 0 Å². The molecule has 0 spiro atoms. The van der Waals surface area contributed by atoms with Gasteiger partial charge in [0, 0.05) is 0 Å². The van der Waals surface area contributed by atoms with Crippen LogP contribution in [0.1, 0.15) is 0 Å². The van der Waals surface area contributed by atoms with E-state index in [9.17, 15) is 0 Å². The van der Waals surface area contributed by atoms with Gasteiger partial charge in [0.05, 0.1) is 0 Å². The van der Waals surface area contributed by atoms with Gasteiger partial charge in [-0.25, -0.2) is 0 Å². The van der Waals surface area contributed by atoms with E-state index in [-0.39, 0.29) is 19.5 Å². The van der Waals surface area contributed by atoms with E-state index in [4.69, 9.17) is 5.41 Å². The van der Waals surface area contributed by atoms with Crippen LogP contribution in [0, 0.1) is 0 Å². The summed E-state index contributed by atoms with van der Waals surface area (Å²) in [5.41, 5.74) is 0. The fourth-order valence-corrected chi connectivity index (χ4v) is 0. The molecule has 0 aromatic carbocycles. The van der Waals surface area contributed by atoms with Crippen molar-refractivity contribution >= 4 is 25.1 Å². The first-order chi connectivity index (χ1) is 1.91. The van der Waals surface area contributed by atoms with Crippen LogP contribution >= 0.6 is 7.36 Å². The molecule has 0 heterocycles. The first-order valence-corrected chi connectivity index (χ1v) is 2.68. The number of hydrogen-bond acceptors (Lipinski definition) is 1. The third-order valence-electron chi connectivity index (χ3n) is 0.0471. The molecule has 0 rings (SSSR count). The van der Waals surface area contributed by atoms with Crippen molar-refractivity contribution in [2.45, 2.75) is 0 Å². The maximum atomic E-state index is 7.63. The summed E-state index contributed by atoms with van der Waals surface area (Å²) in [4.78, 5) is 0. The zero-order valence-electron chi connectivity index (χ0n) is 2.23. The van der Waals surface area contributed by atoms with Crippen molar-refractivity contribution < 1.29 is 19.5 Å². The molecule has 0 saturated heterocycles. The van der Waals surface area contributed by atoms with E-state index in [1.165, 1.54) is 0 Å². The van der Waals surface area contributed by atoms with Gasteiger partial charge in [0.2, 0.25) is 0 Å². The molecule has 4 heteroatoms. The monoisotopic (exact) mass is 192 g/mol. The van der Waals surface area contributed by atoms with Crippen LogP contribution in [-0.2, 0) is 31.3 Å². The zero-order valence-corrected chi connectivity index (χ0v) is 5.68. The van der Waals surface area contributed by atoms with Gasteiger partial charge in [-0.2, -0.15) is 5.96 Å². The summed E-state index contributed by atoms with van der Waals surface area (Å²) in [6.45, 7) is 0. The molecule has 0 amide bonds. The first-order valence-electron chi connectivity index (χ1n) is 0.699. The topological polar surface area (TPSA) is 22.3 Å². The molecule has 1 nitrogen and oxygen atoms in total. The Bertz CT molecular complexity index is 32.6. The first kappa shape index (κ1) is 9.26. The largest absolute Gasteiger partial charge is 1.00 e. The van der Waals surface area contributed by atoms with Gasteiger partial charge < -0.3 is 5.41 Å². The Labute approximate surface area is 50.3 Å². The van der Waals surface area contributed by atoms with Gasteiger partial charge in [0.15, 0.2) is 0 Å². The van der Waals surface area contributed by atoms with Crippen LogP contribution in [0.5, 0.6) is 0 Å². The summed E-state index contributed by atoms with van der Waals surface area (Å²) in [5.74, 6) is 0.912. The molecule has 0 fully saturated rings. The molecule has 0 unspecified atom stereocenters. The summed E-state index contributed by atoms with van der Waals surface area (Å²) < 4.78 is 0. The Morgan fingerprint density at radius 2 is 2.00 bits per heavy atom. The van der Waals surface area contributed by atoms with Crippen LogP contribution in [0.4, 0.5) is 0 Å². The van der Waals surface area contributed by atoms with Crippen LogP contribution < -0.4 is 0 Å². The van der Waals surface area contributed by atoms with E-state index in [1.54, 1.807) is 0 Å². The molecule has 0 atom stereocenters. The fraction of sp³-hybridized carbons (Fsp3) is 0. The van der Waals surface area contributed by atoms with E-state index in [0.717, 1.165) is 5.96 Å². The van der Waals surface area contributed by atoms with Crippen molar-refractivity contribution in [3.05, 3.63) is 5.41 Å². The standard InChI is InChI=1S/CHNPS.Ru/c2-1-3-4;/h1H;/q-1;+1. The van der Waals surface area contributed by atoms with Gasteiger partial charge in [-0.05, 0) is 7.36 Å². The molecule has 0 aromatic rings. The molecule has 0 aliphatic carbocycles. The zero-order chi connectivity index (χ0) is 3.41. The molecule has 0 aliphatic heterocycles. The second-order valence-electron chi connectivity index (χ2n) is 0.221. The molecule has 0 aromatic heterocycles. The predicted molar refractivity (Wildman–Crippen MR) is 23.7 cm³/mol. The van der Waals surface area contributed by atoms with Crippen molar-refractivity contribution in [3.63, 3.8) is 0 Å². The van der Waals surface area contributed by atoms with Crippen LogP contribution in [-0.4, -0.2) is 5.96 Å². The molecule has 5 heavy (non-hydrogen) atoms. The third kappa shape index (κ3) is 11.6. The summed E-state index contributed by atoms with van der Waals surface area (Å²) >= 11 is 4.22. The van der Waals surface area contributed by atoms with E-state index < -0.39 is 0 Å². The van der Waals surface area contributed by atoms with Crippen LogP contribution in [0.15, 0.2) is 0 Å². The average Bonchev–Trinajstić information content (AvgIpc) is 1.37. The minimum absolute atomic E-state index is 0. The Morgan fingerprint density at radius 1 is 1.80 bits per heavy atom. The summed E-state index contributed by atoms with van der Waals surface area (Å²) in [7, 11) is 0.512. The maximum Gasteiger partial charge on any atom is 1.00 e. The molecule has 0 bridgehead atoms. The molecule has 0 aliphatic rings. The fourth-order valence-electron chi connectivity index (χ4n) is 0. The van der Waals surface area contributed by atoms with E-state index in [1.807, 2.05) is 0 Å². The van der Waals surface area contributed by atoms with Gasteiger partial charge in [-0.15, -0.1) is 0 Å². The van der Waals surface area contributed by atoms with E-state index in [0.29, 0.717) is 7.36 Å². The molecular formula is CHNPRuS. The summed E-state index contributed by atoms with van der Waals surface area (Å²) in [5, 5.41) is 7.63. The van der Waals surface area contributed by atoms with Crippen molar-refractivity contribution in [1.82, 2.24) is 0 Å². The van der Waals surface area contributed by atoms with Gasteiger partial charge in [-0.1, -0.05) is 11.8 Å². The average molecular weight is 191 g/mol. The Balaban J connectivity index is 0. The van der Waals surface area contributed by atoms with Gasteiger partial charge >= 0.3 is 19.5 Å². The Hall–Kier alpha value is 0.813. The van der Waals surface area contributed by atoms with E-state index >= 15 is 0 Å². The summed E-state index contributed by atoms with van der Waals surface area (Å²) in [6.07, 6.45) is 0. The molecule has 0 N–H and O–H groups in total. The second kappa shape index (κ2) is 8.84. The molecule has 29 valence electrons. The van der Waals surface area contributed by atoms with Crippen molar-refractivity contribution in [3.8, 4) is 0 Å². The van der Waals surface area contributed by atoms with Crippen LogP contribution in [0.2, 0.25) is 0 Å². The predicted octanol–water partition coefficient (Wildman–Crippen LogP) is 0.990. The smallest absolute Gasteiger partial charge is 0.806 e. The number of hydrogen-bond donors (Lipinski definition) is 0. The minimum Gasteiger partial charge on any atom is -0.806 e. The van der Waals surface area contributed by atoms with Gasteiger partial charge in [0.1, 0.15) is 0 Å². The quantitative estimate of drug-likeness (QED) is 0.344. The van der Waals surface area contributed by atoms with Crippen molar-refractivity contribution in [1.29, 1.82) is 0 Å². The number of rotatable bonds is 1. The molecule has 0 saturated carbocycles. The normalized spacial score (nSPS) is 5.60. The van der Waals surface area contributed by atoms with Crippen LogP contribution in [0.25, 0.3) is 5.41 Å². The Kier molecular flexibility index (Phi) is 16.4. The van der Waals surface area contributed by atoms with Gasteiger partial charge in [-0.3, -0.25) is 0 Å².